The van der Waals surface area contributed by atoms with Gasteiger partial charge in [-0.3, -0.25) is 4.72 Å². The van der Waals surface area contributed by atoms with Crippen molar-refractivity contribution >= 4 is 15.9 Å². The van der Waals surface area contributed by atoms with Crippen LogP contribution >= 0.6 is 0 Å². The quantitative estimate of drug-likeness (QED) is 0.381. The Labute approximate surface area is 215 Å². The zero-order valence-electron chi connectivity index (χ0n) is 19.5. The average Bonchev–Trinajstić information content (AvgIpc) is 2.84. The van der Waals surface area contributed by atoms with E-state index in [0.717, 1.165) is 28.6 Å². The van der Waals surface area contributed by atoms with E-state index in [1.165, 1.54) is 48.5 Å². The molecule has 3 N–H and O–H groups in total. The molecule has 1 saturated heterocycles. The predicted octanol–water partition coefficient (Wildman–Crippen LogP) is 4.01. The van der Waals surface area contributed by atoms with E-state index < -0.39 is 64.5 Å². The summed E-state index contributed by atoms with van der Waals surface area (Å²) < 4.78 is 97.6. The van der Waals surface area contributed by atoms with Gasteiger partial charge in [0.1, 0.15) is 17.4 Å². The molecule has 4 rings (SSSR count). The van der Waals surface area contributed by atoms with Crippen LogP contribution in [-0.2, 0) is 10.2 Å². The van der Waals surface area contributed by atoms with Crippen LogP contribution in [0.3, 0.4) is 0 Å². The maximum atomic E-state index is 13.6. The first-order valence-corrected chi connectivity index (χ1v) is 12.8. The number of hydrogen-bond acceptors (Lipinski definition) is 5. The minimum atomic E-state index is -4.91. The highest BCUT2D eigenvalue weighted by Gasteiger charge is 2.44. The number of anilines is 1. The van der Waals surface area contributed by atoms with E-state index in [9.17, 15) is 40.6 Å². The van der Waals surface area contributed by atoms with Gasteiger partial charge in [-0.1, -0.05) is 24.3 Å². The Morgan fingerprint density at radius 3 is 1.82 bits per heavy atom. The Kier molecular flexibility index (Phi) is 7.93. The molecule has 1 aliphatic rings. The summed E-state index contributed by atoms with van der Waals surface area (Å²) in [6, 6.07) is 14.6. The lowest BCUT2D eigenvalue weighted by Crippen LogP contribution is -2.56. The molecule has 38 heavy (non-hydrogen) atoms. The van der Waals surface area contributed by atoms with Gasteiger partial charge in [-0.2, -0.15) is 12.7 Å². The molecule has 1 fully saturated rings. The van der Waals surface area contributed by atoms with E-state index in [4.69, 9.17) is 0 Å². The fraction of sp³-hybridized carbons (Fsp3) is 0.280. The lowest BCUT2D eigenvalue weighted by molar-refractivity contribution is -0.274. The first-order valence-electron chi connectivity index (χ1n) is 11.3. The van der Waals surface area contributed by atoms with Crippen LogP contribution in [-0.4, -0.2) is 54.6 Å². The maximum Gasteiger partial charge on any atom is 0.573 e. The summed E-state index contributed by atoms with van der Waals surface area (Å²) in [4.78, 5) is 0. The van der Waals surface area contributed by atoms with E-state index in [1.807, 2.05) is 0 Å². The van der Waals surface area contributed by atoms with E-state index in [0.29, 0.717) is 11.1 Å². The normalized spacial score (nSPS) is 20.9. The van der Waals surface area contributed by atoms with Crippen molar-refractivity contribution in [3.63, 3.8) is 0 Å². The van der Waals surface area contributed by atoms with Crippen LogP contribution in [0.2, 0.25) is 0 Å². The van der Waals surface area contributed by atoms with Crippen LogP contribution in [0.5, 0.6) is 5.75 Å². The predicted molar refractivity (Wildman–Crippen MR) is 127 cm³/mol. The van der Waals surface area contributed by atoms with E-state index >= 15 is 0 Å². The van der Waals surface area contributed by atoms with Gasteiger partial charge in [-0.05, 0) is 59.7 Å². The molecule has 3 unspecified atom stereocenters. The molecule has 3 aromatic rings. The Bertz CT molecular complexity index is 1290. The van der Waals surface area contributed by atoms with Gasteiger partial charge in [0.2, 0.25) is 0 Å². The summed E-state index contributed by atoms with van der Waals surface area (Å²) in [5.74, 6) is -3.27. The molecule has 13 heteroatoms. The van der Waals surface area contributed by atoms with Crippen molar-refractivity contribution < 1.29 is 45.3 Å². The maximum absolute atomic E-state index is 13.6. The zero-order chi connectivity index (χ0) is 27.7. The van der Waals surface area contributed by atoms with Crippen LogP contribution in [0.15, 0.2) is 72.8 Å². The minimum Gasteiger partial charge on any atom is -0.406 e. The highest BCUT2D eigenvalue weighted by Crippen LogP contribution is 2.38. The topological polar surface area (TPSA) is 99.1 Å². The number of benzene rings is 3. The van der Waals surface area contributed by atoms with Crippen molar-refractivity contribution in [1.29, 1.82) is 0 Å². The number of β-amino-alcohol motifs (C(OH)–C–C–N with tert-alkyl or cyclic N) is 1. The molecule has 1 aliphatic heterocycles. The number of hydrogen-bond donors (Lipinski definition) is 3. The Hall–Kier alpha value is -3.26. The van der Waals surface area contributed by atoms with Crippen LogP contribution in [0, 0.1) is 17.6 Å². The molecular weight excluding hydrogens is 535 g/mol. The minimum absolute atomic E-state index is 0.0645. The molecule has 0 radical (unpaired) electrons. The monoisotopic (exact) mass is 558 g/mol. The van der Waals surface area contributed by atoms with Crippen molar-refractivity contribution in [1.82, 2.24) is 4.31 Å². The number of halogens is 5. The zero-order valence-corrected chi connectivity index (χ0v) is 20.3. The van der Waals surface area contributed by atoms with E-state index in [1.54, 1.807) is 0 Å². The molecule has 0 aliphatic carbocycles. The summed E-state index contributed by atoms with van der Waals surface area (Å²) in [6.45, 7) is -0.760. The smallest absolute Gasteiger partial charge is 0.406 e. The fourth-order valence-corrected chi connectivity index (χ4v) is 5.76. The molecule has 7 nitrogen and oxygen atoms in total. The summed E-state index contributed by atoms with van der Waals surface area (Å²) in [5, 5.41) is 21.5. The third-order valence-electron chi connectivity index (χ3n) is 6.20. The van der Waals surface area contributed by atoms with Crippen molar-refractivity contribution in [3.8, 4) is 5.75 Å². The molecular formula is C25H23F5N2O5S. The molecule has 1 heterocycles. The molecule has 0 spiro atoms. The highest BCUT2D eigenvalue weighted by molar-refractivity contribution is 7.90. The second-order valence-electron chi connectivity index (χ2n) is 8.80. The Morgan fingerprint density at radius 1 is 0.842 bits per heavy atom. The summed E-state index contributed by atoms with van der Waals surface area (Å²) >= 11 is 0. The average molecular weight is 559 g/mol. The van der Waals surface area contributed by atoms with Gasteiger partial charge in [0.05, 0.1) is 17.9 Å². The third kappa shape index (κ3) is 6.59. The number of aliphatic hydroxyl groups excluding tert-OH is 2. The van der Waals surface area contributed by atoms with Crippen molar-refractivity contribution in [2.75, 3.05) is 17.8 Å². The number of nitrogens with zero attached hydrogens (tertiary/aromatic N) is 1. The number of nitrogens with one attached hydrogen (secondary N) is 1. The summed E-state index contributed by atoms with van der Waals surface area (Å²) in [5.41, 5.74) is 0.939. The van der Waals surface area contributed by atoms with Crippen molar-refractivity contribution in [3.05, 3.63) is 95.6 Å². The lowest BCUT2D eigenvalue weighted by atomic mass is 9.75. The van der Waals surface area contributed by atoms with Crippen LogP contribution in [0.4, 0.5) is 27.6 Å². The van der Waals surface area contributed by atoms with Crippen LogP contribution in [0.1, 0.15) is 17.0 Å². The first-order chi connectivity index (χ1) is 17.8. The van der Waals surface area contributed by atoms with E-state index in [2.05, 4.69) is 9.46 Å². The number of rotatable bonds is 7. The first kappa shape index (κ1) is 27.8. The van der Waals surface area contributed by atoms with Crippen molar-refractivity contribution in [2.45, 2.75) is 24.5 Å². The standard InChI is InChI=1S/C25H23F5N2O5S/c26-17-5-1-15(2-6-17)23(16-3-7-18(27)8-4-16)21-13-32(14-22(33)24(21)34)38(35,36)31-19-9-11-20(12-10-19)37-25(28,29)30/h1-12,21-24,31,33-34H,13-14H2. The van der Waals surface area contributed by atoms with Crippen molar-refractivity contribution in [2.24, 2.45) is 5.92 Å². The van der Waals surface area contributed by atoms with Gasteiger partial charge in [-0.25, -0.2) is 8.78 Å². The number of piperidine rings is 1. The molecule has 0 saturated carbocycles. The largest absolute Gasteiger partial charge is 0.573 e. The number of aliphatic hydroxyl groups is 2. The molecule has 204 valence electrons. The van der Waals surface area contributed by atoms with Gasteiger partial charge >= 0.3 is 16.6 Å². The Balaban J connectivity index is 1.62. The molecule has 0 bridgehead atoms. The summed E-state index contributed by atoms with van der Waals surface area (Å²) in [7, 11) is -4.36. The molecule has 3 atom stereocenters. The second kappa shape index (κ2) is 10.8. The molecule has 0 aromatic heterocycles. The molecule has 0 amide bonds. The van der Waals surface area contributed by atoms with Gasteiger partial charge in [-0.15, -0.1) is 13.2 Å². The summed E-state index contributed by atoms with van der Waals surface area (Å²) in [6.07, 6.45) is -7.80. The number of alkyl halides is 3. The SMILES string of the molecule is O=S(=O)(Nc1ccc(OC(F)(F)F)cc1)N1CC(O)C(O)C(C(c2ccc(F)cc2)c2ccc(F)cc2)C1. The molecule has 3 aromatic carbocycles. The van der Waals surface area contributed by atoms with Gasteiger partial charge in [0, 0.05) is 24.9 Å². The van der Waals surface area contributed by atoms with Gasteiger partial charge in [0.15, 0.2) is 0 Å². The third-order valence-corrected chi connectivity index (χ3v) is 7.67. The lowest BCUT2D eigenvalue weighted by Gasteiger charge is -2.42. The Morgan fingerprint density at radius 2 is 1.34 bits per heavy atom. The number of ether oxygens (including phenoxy) is 1. The van der Waals surface area contributed by atoms with Gasteiger partial charge in [0.25, 0.3) is 0 Å². The van der Waals surface area contributed by atoms with E-state index in [-0.39, 0.29) is 12.2 Å². The van der Waals surface area contributed by atoms with Crippen LogP contribution < -0.4 is 9.46 Å². The highest BCUT2D eigenvalue weighted by atomic mass is 32.2. The van der Waals surface area contributed by atoms with Gasteiger partial charge < -0.3 is 14.9 Å². The second-order valence-corrected chi connectivity index (χ2v) is 10.5. The van der Waals surface area contributed by atoms with Crippen LogP contribution in [0.25, 0.3) is 0 Å². The fourth-order valence-electron chi connectivity index (χ4n) is 4.48.